The molecule has 2 radical (unpaired) electrons. The van der Waals surface area contributed by atoms with E-state index in [0.717, 1.165) is 0 Å². The smallest absolute Gasteiger partial charge is 0.0187 e. The molecular formula is C10H8FeI2. The van der Waals surface area contributed by atoms with Crippen molar-refractivity contribution in [3.8, 4) is 0 Å². The van der Waals surface area contributed by atoms with Crippen LogP contribution in [0.2, 0.25) is 0 Å². The zero-order valence-electron chi connectivity index (χ0n) is 6.73. The molecule has 0 unspecified atom stereocenters. The summed E-state index contributed by atoms with van der Waals surface area (Å²) in [6.07, 6.45) is 16.4. The Balaban J connectivity index is 0.000000206. The van der Waals surface area contributed by atoms with Crippen LogP contribution < -0.4 is 0 Å². The summed E-state index contributed by atoms with van der Waals surface area (Å²) in [7, 11) is 0. The average Bonchev–Trinajstić information content (AvgIpc) is 2.63. The summed E-state index contributed by atoms with van der Waals surface area (Å²) in [4.78, 5) is 0. The zero-order chi connectivity index (χ0) is 8.81. The van der Waals surface area contributed by atoms with Crippen molar-refractivity contribution in [3.05, 3.63) is 56.5 Å². The first-order chi connectivity index (χ1) is 5.79. The monoisotopic (exact) mass is 438 g/mol. The Hall–Kier alpha value is 0.939. The minimum absolute atomic E-state index is 0. The molecule has 0 aromatic rings. The predicted molar refractivity (Wildman–Crippen MR) is 71.1 cm³/mol. The molecule has 2 rings (SSSR count). The molecule has 0 heterocycles. The maximum Gasteiger partial charge on any atom is 0.0187 e. The molecule has 0 nitrogen and oxygen atoms in total. The van der Waals surface area contributed by atoms with Gasteiger partial charge in [-0.3, -0.25) is 0 Å². The standard InChI is InChI=1S/2C5H4I.Fe/c2*6-5-3-1-2-4-5;/h2*1-4H;. The van der Waals surface area contributed by atoms with Crippen LogP contribution in [0.3, 0.4) is 0 Å². The van der Waals surface area contributed by atoms with Gasteiger partial charge < -0.3 is 0 Å². The third-order valence-corrected chi connectivity index (χ3v) is 2.68. The third-order valence-electron chi connectivity index (χ3n) is 1.24. The number of rotatable bonds is 0. The number of allylic oxidation sites excluding steroid dienone is 8. The topological polar surface area (TPSA) is 0 Å². The molecule has 0 aliphatic heterocycles. The van der Waals surface area contributed by atoms with Crippen LogP contribution in [-0.2, 0) is 17.1 Å². The normalized spacial score (nSPS) is 17.1. The van der Waals surface area contributed by atoms with Crippen LogP contribution in [-0.4, -0.2) is 0 Å². The summed E-state index contributed by atoms with van der Waals surface area (Å²) >= 11 is 4.55. The Morgan fingerprint density at radius 1 is 0.692 bits per heavy atom. The van der Waals surface area contributed by atoms with Crippen LogP contribution in [0.1, 0.15) is 0 Å². The molecule has 3 heteroatoms. The van der Waals surface area contributed by atoms with Crippen LogP contribution in [0.15, 0.2) is 43.6 Å². The minimum atomic E-state index is 0. The van der Waals surface area contributed by atoms with Crippen molar-refractivity contribution in [2.24, 2.45) is 0 Å². The second kappa shape index (κ2) is 8.26. The summed E-state index contributed by atoms with van der Waals surface area (Å²) in [5.41, 5.74) is 0. The van der Waals surface area contributed by atoms with E-state index in [-0.39, 0.29) is 17.1 Å². The Bertz CT molecular complexity index is 234. The second-order valence-corrected chi connectivity index (χ2v) is 4.70. The second-order valence-electron chi connectivity index (χ2n) is 2.21. The third kappa shape index (κ3) is 6.94. The quantitative estimate of drug-likeness (QED) is 0.394. The molecule has 0 N–H and O–H groups in total. The Kier molecular flexibility index (Phi) is 8.86. The molecule has 13 heavy (non-hydrogen) atoms. The van der Waals surface area contributed by atoms with E-state index < -0.39 is 0 Å². The average molecular weight is 438 g/mol. The van der Waals surface area contributed by atoms with Crippen molar-refractivity contribution in [2.45, 2.75) is 0 Å². The van der Waals surface area contributed by atoms with Crippen molar-refractivity contribution in [1.82, 2.24) is 0 Å². The molecule has 70 valence electrons. The van der Waals surface area contributed by atoms with E-state index in [1.807, 2.05) is 24.3 Å². The largest absolute Gasteiger partial charge is 0.0756 e. The first kappa shape index (κ1) is 13.9. The van der Waals surface area contributed by atoms with E-state index in [1.54, 1.807) is 0 Å². The van der Waals surface area contributed by atoms with Gasteiger partial charge in [-0.1, -0.05) is 36.5 Å². The first-order valence-electron chi connectivity index (χ1n) is 3.53. The van der Waals surface area contributed by atoms with Gasteiger partial charge in [0.1, 0.15) is 0 Å². The van der Waals surface area contributed by atoms with E-state index in [4.69, 9.17) is 0 Å². The number of hydrogen-bond acceptors (Lipinski definition) is 0. The van der Waals surface area contributed by atoms with Crippen LogP contribution >= 0.6 is 45.2 Å². The maximum absolute atomic E-state index is 2.28. The van der Waals surface area contributed by atoms with Crippen molar-refractivity contribution in [3.63, 3.8) is 0 Å². The van der Waals surface area contributed by atoms with E-state index in [0.29, 0.717) is 0 Å². The minimum Gasteiger partial charge on any atom is -0.0756 e. The Morgan fingerprint density at radius 3 is 1.15 bits per heavy atom. The van der Waals surface area contributed by atoms with E-state index >= 15 is 0 Å². The van der Waals surface area contributed by atoms with Gasteiger partial charge in [-0.25, -0.2) is 0 Å². The molecule has 0 aromatic heterocycles. The van der Waals surface area contributed by atoms with Crippen molar-refractivity contribution in [2.75, 3.05) is 0 Å². The summed E-state index contributed by atoms with van der Waals surface area (Å²) in [6.45, 7) is 0. The summed E-state index contributed by atoms with van der Waals surface area (Å²) in [5, 5.41) is 0. The van der Waals surface area contributed by atoms with E-state index in [9.17, 15) is 0 Å². The van der Waals surface area contributed by atoms with Gasteiger partial charge in [0, 0.05) is 29.9 Å². The molecule has 0 fully saturated rings. The van der Waals surface area contributed by atoms with Gasteiger partial charge in [0.15, 0.2) is 0 Å². The molecule has 0 amide bonds. The summed E-state index contributed by atoms with van der Waals surface area (Å²) in [5.74, 6) is 0. The van der Waals surface area contributed by atoms with E-state index in [1.165, 1.54) is 7.16 Å². The van der Waals surface area contributed by atoms with Gasteiger partial charge in [0.25, 0.3) is 0 Å². The van der Waals surface area contributed by atoms with Crippen LogP contribution in [0.5, 0.6) is 0 Å². The fraction of sp³-hybridized carbons (Fsp3) is 0. The molecule has 0 atom stereocenters. The van der Waals surface area contributed by atoms with E-state index in [2.05, 4.69) is 70.2 Å². The van der Waals surface area contributed by atoms with Gasteiger partial charge in [-0.2, -0.15) is 0 Å². The molecule has 2 aliphatic carbocycles. The fourth-order valence-corrected chi connectivity index (χ4v) is 1.53. The molecule has 2 aliphatic rings. The zero-order valence-corrected chi connectivity index (χ0v) is 12.1. The van der Waals surface area contributed by atoms with Crippen LogP contribution in [0.25, 0.3) is 0 Å². The number of hydrogen-bond donors (Lipinski definition) is 0. The maximum atomic E-state index is 2.28. The molecule has 0 spiro atoms. The van der Waals surface area contributed by atoms with Crippen molar-refractivity contribution in [1.29, 1.82) is 0 Å². The molecule has 0 saturated heterocycles. The molecule has 0 aromatic carbocycles. The van der Waals surface area contributed by atoms with Gasteiger partial charge in [-0.05, 0) is 52.3 Å². The number of halogens is 2. The fourth-order valence-electron chi connectivity index (χ4n) is 0.701. The first-order valence-corrected chi connectivity index (χ1v) is 5.69. The Morgan fingerprint density at radius 2 is 1.08 bits per heavy atom. The SMILES string of the molecule is IC1=CC=C[CH]1.IC1=CC=C[CH]1.[Fe]. The van der Waals surface area contributed by atoms with Gasteiger partial charge in [0.2, 0.25) is 0 Å². The Labute approximate surface area is 117 Å². The van der Waals surface area contributed by atoms with Gasteiger partial charge in [-0.15, -0.1) is 0 Å². The molecule has 0 bridgehead atoms. The molecule has 0 saturated carbocycles. The van der Waals surface area contributed by atoms with Crippen LogP contribution in [0, 0.1) is 12.8 Å². The van der Waals surface area contributed by atoms with Gasteiger partial charge in [0.05, 0.1) is 0 Å². The van der Waals surface area contributed by atoms with Crippen LogP contribution in [0.4, 0.5) is 0 Å². The van der Waals surface area contributed by atoms with Crippen molar-refractivity contribution >= 4 is 45.2 Å². The molecular weight excluding hydrogens is 430 g/mol. The summed E-state index contributed by atoms with van der Waals surface area (Å²) < 4.78 is 2.63. The van der Waals surface area contributed by atoms with Gasteiger partial charge >= 0.3 is 0 Å². The van der Waals surface area contributed by atoms with Crippen molar-refractivity contribution < 1.29 is 17.1 Å². The summed E-state index contributed by atoms with van der Waals surface area (Å²) in [6, 6.07) is 0. The predicted octanol–water partition coefficient (Wildman–Crippen LogP) is 4.16.